The van der Waals surface area contributed by atoms with E-state index in [2.05, 4.69) is 16.4 Å². The summed E-state index contributed by atoms with van der Waals surface area (Å²) in [4.78, 5) is 14.9. The molecule has 3 nitrogen and oxygen atoms in total. The fourth-order valence-corrected chi connectivity index (χ4v) is 2.66. The Morgan fingerprint density at radius 2 is 1.94 bits per heavy atom. The minimum atomic E-state index is 0.00128. The molecule has 92 valence electrons. The molecule has 0 unspecified atom stereocenters. The molecule has 0 saturated carbocycles. The van der Waals surface area contributed by atoms with Gasteiger partial charge in [0.05, 0.1) is 0 Å². The number of pyridine rings is 1. The van der Waals surface area contributed by atoms with E-state index in [0.29, 0.717) is 0 Å². The number of H-pyrrole nitrogens is 1. The summed E-state index contributed by atoms with van der Waals surface area (Å²) >= 11 is 0. The fraction of sp³-hybridized carbons (Fsp3) is 0.267. The summed E-state index contributed by atoms with van der Waals surface area (Å²) < 4.78 is 0. The number of fused-ring (bicyclic) bond motifs is 1. The average molecular weight is 240 g/mol. The Hall–Kier alpha value is -1.87. The Bertz CT molecular complexity index is 682. The summed E-state index contributed by atoms with van der Waals surface area (Å²) in [6.07, 6.45) is 3.23. The molecule has 1 aromatic heterocycles. The van der Waals surface area contributed by atoms with Gasteiger partial charge in [0, 0.05) is 23.2 Å². The number of nitrogens with one attached hydrogen (secondary N) is 2. The van der Waals surface area contributed by atoms with E-state index in [0.717, 1.165) is 36.0 Å². The second-order valence-electron chi connectivity index (χ2n) is 4.68. The molecule has 2 heterocycles. The van der Waals surface area contributed by atoms with Gasteiger partial charge in [-0.15, -0.1) is 0 Å². The van der Waals surface area contributed by atoms with Crippen LogP contribution in [0.2, 0.25) is 0 Å². The number of hydrogen-bond acceptors (Lipinski definition) is 2. The smallest absolute Gasteiger partial charge is 0.256 e. The van der Waals surface area contributed by atoms with Crippen molar-refractivity contribution in [1.82, 2.24) is 10.3 Å². The molecule has 0 amide bonds. The van der Waals surface area contributed by atoms with Gasteiger partial charge in [0.15, 0.2) is 0 Å². The molecule has 0 radical (unpaired) electrons. The lowest BCUT2D eigenvalue weighted by Crippen LogP contribution is -2.21. The van der Waals surface area contributed by atoms with E-state index in [1.165, 1.54) is 11.1 Å². The number of hydrogen-bond donors (Lipinski definition) is 2. The van der Waals surface area contributed by atoms with Gasteiger partial charge in [-0.3, -0.25) is 4.79 Å². The molecule has 3 heteroatoms. The lowest BCUT2D eigenvalue weighted by Gasteiger charge is -2.17. The van der Waals surface area contributed by atoms with Crippen LogP contribution in [0.4, 0.5) is 0 Å². The molecule has 0 saturated heterocycles. The summed E-state index contributed by atoms with van der Waals surface area (Å²) in [5, 5.41) is 5.15. The van der Waals surface area contributed by atoms with Crippen LogP contribution in [0, 0.1) is 6.92 Å². The Morgan fingerprint density at radius 1 is 1.17 bits per heavy atom. The molecule has 2 aromatic rings. The van der Waals surface area contributed by atoms with Crippen molar-refractivity contribution in [2.45, 2.75) is 13.3 Å². The molecule has 3 rings (SSSR count). The van der Waals surface area contributed by atoms with Crippen molar-refractivity contribution in [2.24, 2.45) is 0 Å². The highest BCUT2D eigenvalue weighted by atomic mass is 16.1. The molecule has 2 N–H and O–H groups in total. The number of aryl methyl sites for hydroxylation is 1. The third-order valence-corrected chi connectivity index (χ3v) is 3.50. The summed E-state index contributed by atoms with van der Waals surface area (Å²) in [7, 11) is 0. The summed E-state index contributed by atoms with van der Waals surface area (Å²) in [5.74, 6) is 0. The first-order valence-corrected chi connectivity index (χ1v) is 6.29. The first-order valence-electron chi connectivity index (χ1n) is 6.29. The van der Waals surface area contributed by atoms with Gasteiger partial charge in [-0.1, -0.05) is 24.3 Å². The van der Waals surface area contributed by atoms with Crippen molar-refractivity contribution in [1.29, 1.82) is 0 Å². The summed E-state index contributed by atoms with van der Waals surface area (Å²) in [6, 6.07) is 7.83. The van der Waals surface area contributed by atoms with Gasteiger partial charge < -0.3 is 10.3 Å². The van der Waals surface area contributed by atoms with Crippen LogP contribution in [0.1, 0.15) is 17.7 Å². The lowest BCUT2D eigenvalue weighted by molar-refractivity contribution is 0.738. The Labute approximate surface area is 106 Å². The highest BCUT2D eigenvalue weighted by Gasteiger charge is 2.13. The van der Waals surface area contributed by atoms with Crippen LogP contribution in [0.5, 0.6) is 0 Å². The largest absolute Gasteiger partial charge is 0.325 e. The molecule has 1 aliphatic heterocycles. The SMILES string of the molecule is Cc1[nH]c(=O)c2ccccc2c1C1=CCNCC1. The first-order chi connectivity index (χ1) is 8.77. The van der Waals surface area contributed by atoms with Crippen LogP contribution in [-0.4, -0.2) is 18.1 Å². The van der Waals surface area contributed by atoms with Gasteiger partial charge in [-0.2, -0.15) is 0 Å². The van der Waals surface area contributed by atoms with E-state index in [1.54, 1.807) is 0 Å². The number of aromatic amines is 1. The standard InChI is InChI=1S/C15H16N2O/c1-10-14(11-6-8-16-9-7-11)12-4-2-3-5-13(12)15(18)17-10/h2-6,16H,7-9H2,1H3,(H,17,18). The quantitative estimate of drug-likeness (QED) is 0.802. The van der Waals surface area contributed by atoms with Crippen molar-refractivity contribution in [3.05, 3.63) is 52.0 Å². The van der Waals surface area contributed by atoms with Gasteiger partial charge in [0.2, 0.25) is 0 Å². The molecule has 1 aliphatic rings. The fourth-order valence-electron chi connectivity index (χ4n) is 2.66. The van der Waals surface area contributed by atoms with E-state index in [-0.39, 0.29) is 5.56 Å². The topological polar surface area (TPSA) is 44.9 Å². The maximum atomic E-state index is 11.9. The Kier molecular flexibility index (Phi) is 2.76. The number of aromatic nitrogens is 1. The van der Waals surface area contributed by atoms with Crippen LogP contribution in [0.15, 0.2) is 35.1 Å². The highest BCUT2D eigenvalue weighted by Crippen LogP contribution is 2.28. The predicted molar refractivity (Wildman–Crippen MR) is 74.8 cm³/mol. The molecule has 0 aliphatic carbocycles. The third kappa shape index (κ3) is 1.77. The maximum absolute atomic E-state index is 11.9. The van der Waals surface area contributed by atoms with Crippen molar-refractivity contribution >= 4 is 16.3 Å². The average Bonchev–Trinajstić information content (AvgIpc) is 2.40. The van der Waals surface area contributed by atoms with Gasteiger partial charge in [0.25, 0.3) is 5.56 Å². The monoisotopic (exact) mass is 240 g/mol. The van der Waals surface area contributed by atoms with Crippen molar-refractivity contribution < 1.29 is 0 Å². The van der Waals surface area contributed by atoms with Gasteiger partial charge >= 0.3 is 0 Å². The molecule has 0 bridgehead atoms. The van der Waals surface area contributed by atoms with Crippen molar-refractivity contribution in [3.63, 3.8) is 0 Å². The van der Waals surface area contributed by atoms with E-state index < -0.39 is 0 Å². The van der Waals surface area contributed by atoms with E-state index in [4.69, 9.17) is 0 Å². The molecular formula is C15H16N2O. The first kappa shape index (κ1) is 11.2. The third-order valence-electron chi connectivity index (χ3n) is 3.50. The summed E-state index contributed by atoms with van der Waals surface area (Å²) in [5.41, 5.74) is 3.50. The normalized spacial score (nSPS) is 15.7. The second kappa shape index (κ2) is 4.42. The maximum Gasteiger partial charge on any atom is 0.256 e. The minimum absolute atomic E-state index is 0.00128. The zero-order valence-corrected chi connectivity index (χ0v) is 10.4. The Balaban J connectivity index is 2.34. The zero-order valence-electron chi connectivity index (χ0n) is 10.4. The van der Waals surface area contributed by atoms with Crippen molar-refractivity contribution in [3.8, 4) is 0 Å². The molecular weight excluding hydrogens is 224 g/mol. The molecule has 0 fully saturated rings. The molecule has 0 spiro atoms. The van der Waals surface area contributed by atoms with E-state index in [9.17, 15) is 4.79 Å². The van der Waals surface area contributed by atoms with Gasteiger partial charge in [-0.05, 0) is 36.9 Å². The van der Waals surface area contributed by atoms with Crippen LogP contribution in [0.3, 0.4) is 0 Å². The molecule has 1 aromatic carbocycles. The predicted octanol–water partition coefficient (Wildman–Crippen LogP) is 2.21. The molecule has 0 atom stereocenters. The minimum Gasteiger partial charge on any atom is -0.325 e. The zero-order chi connectivity index (χ0) is 12.5. The highest BCUT2D eigenvalue weighted by molar-refractivity contribution is 5.94. The van der Waals surface area contributed by atoms with Crippen LogP contribution < -0.4 is 10.9 Å². The van der Waals surface area contributed by atoms with Crippen molar-refractivity contribution in [2.75, 3.05) is 13.1 Å². The lowest BCUT2D eigenvalue weighted by atomic mass is 9.94. The number of benzene rings is 1. The van der Waals surface area contributed by atoms with Gasteiger partial charge in [0.1, 0.15) is 0 Å². The Morgan fingerprint density at radius 3 is 2.67 bits per heavy atom. The van der Waals surface area contributed by atoms with Crippen LogP contribution in [0.25, 0.3) is 16.3 Å². The molecule has 18 heavy (non-hydrogen) atoms. The van der Waals surface area contributed by atoms with Crippen LogP contribution in [-0.2, 0) is 0 Å². The number of rotatable bonds is 1. The summed E-state index contributed by atoms with van der Waals surface area (Å²) in [6.45, 7) is 3.88. The van der Waals surface area contributed by atoms with E-state index >= 15 is 0 Å². The van der Waals surface area contributed by atoms with E-state index in [1.807, 2.05) is 31.2 Å². The second-order valence-corrected chi connectivity index (χ2v) is 4.68. The van der Waals surface area contributed by atoms with Gasteiger partial charge in [-0.25, -0.2) is 0 Å². The van der Waals surface area contributed by atoms with Crippen LogP contribution >= 0.6 is 0 Å².